The van der Waals surface area contributed by atoms with E-state index in [9.17, 15) is 0 Å². The van der Waals surface area contributed by atoms with Crippen molar-refractivity contribution in [1.82, 2.24) is 5.32 Å². The maximum Gasteiger partial charge on any atom is 0.0728 e. The van der Waals surface area contributed by atoms with Gasteiger partial charge in [0, 0.05) is 13.1 Å². The fourth-order valence-corrected chi connectivity index (χ4v) is 11.4. The normalized spacial score (nSPS) is 42.1. The lowest BCUT2D eigenvalue weighted by atomic mass is 9.43. The molecule has 45 heavy (non-hydrogen) atoms. The summed E-state index contributed by atoms with van der Waals surface area (Å²) in [6, 6.07) is 0. The number of fused-ring (bicyclic) bond motifs is 5. The predicted molar refractivity (Wildman–Crippen MR) is 182 cm³/mol. The van der Waals surface area contributed by atoms with Gasteiger partial charge in [0.1, 0.15) is 0 Å². The minimum Gasteiger partial charge on any atom is -0.378 e. The van der Waals surface area contributed by atoms with Gasteiger partial charge < -0.3 is 29.0 Å². The molecule has 6 nitrogen and oxygen atoms in total. The quantitative estimate of drug-likeness (QED) is 0.323. The summed E-state index contributed by atoms with van der Waals surface area (Å²) in [5.74, 6) is 7.05. The fourth-order valence-electron chi connectivity index (χ4n) is 11.4. The number of hydrogen-bond acceptors (Lipinski definition) is 6. The molecule has 4 saturated carbocycles. The summed E-state index contributed by atoms with van der Waals surface area (Å²) < 4.78 is 29.4. The van der Waals surface area contributed by atoms with Crippen LogP contribution in [0, 0.1) is 58.2 Å². The third-order valence-corrected chi connectivity index (χ3v) is 13.9. The van der Waals surface area contributed by atoms with Crippen LogP contribution in [0.5, 0.6) is 0 Å². The SMILES string of the molecule is CC(C)CCC[C@@H](C)[C@H]1CCC2C3CCC4CC(C5CNCCOCCOCCOCCOCCO5)CC[C@]4(C)C3CC[C@@]21C. The molecule has 0 aromatic rings. The van der Waals surface area contributed by atoms with Gasteiger partial charge in [-0.25, -0.2) is 0 Å². The smallest absolute Gasteiger partial charge is 0.0728 e. The maximum absolute atomic E-state index is 6.60. The summed E-state index contributed by atoms with van der Waals surface area (Å²) in [6.07, 6.45) is 17.4. The molecule has 1 aliphatic heterocycles. The standard InChI is InChI=1S/C39H71NO5/c1-29(2)7-6-8-30(3)34-11-12-35-33-10-9-32-27-31(13-15-38(32,4)36(33)14-16-39(34,35)5)37-28-40-17-18-41-19-20-42-21-22-43-23-24-44-25-26-45-37/h29-37,40H,6-28H2,1-5H3/t30-,31?,32?,33?,34-,35?,36?,37?,38+,39-/m1/s1. The summed E-state index contributed by atoms with van der Waals surface area (Å²) >= 11 is 0. The highest BCUT2D eigenvalue weighted by Crippen LogP contribution is 2.68. The van der Waals surface area contributed by atoms with Gasteiger partial charge in [0.15, 0.2) is 0 Å². The Hall–Kier alpha value is -0.240. The Morgan fingerprint density at radius 3 is 2.02 bits per heavy atom. The van der Waals surface area contributed by atoms with Gasteiger partial charge in [-0.3, -0.25) is 0 Å². The molecule has 0 radical (unpaired) electrons. The van der Waals surface area contributed by atoms with Crippen molar-refractivity contribution in [3.63, 3.8) is 0 Å². The minimum atomic E-state index is 0.247. The molecule has 0 amide bonds. The highest BCUT2D eigenvalue weighted by atomic mass is 16.6. The molecule has 1 saturated heterocycles. The van der Waals surface area contributed by atoms with E-state index >= 15 is 0 Å². The second kappa shape index (κ2) is 17.4. The van der Waals surface area contributed by atoms with E-state index in [1.165, 1.54) is 77.0 Å². The minimum absolute atomic E-state index is 0.247. The van der Waals surface area contributed by atoms with Gasteiger partial charge in [0.05, 0.1) is 65.6 Å². The van der Waals surface area contributed by atoms with Crippen LogP contribution in [0.2, 0.25) is 0 Å². The van der Waals surface area contributed by atoms with E-state index < -0.39 is 0 Å². The Balaban J connectivity index is 1.16. The highest BCUT2D eigenvalue weighted by Gasteiger charge is 2.60. The lowest BCUT2D eigenvalue weighted by Crippen LogP contribution is -2.54. The zero-order chi connectivity index (χ0) is 31.7. The van der Waals surface area contributed by atoms with Crippen molar-refractivity contribution < 1.29 is 23.7 Å². The summed E-state index contributed by atoms with van der Waals surface area (Å²) in [5.41, 5.74) is 1.11. The Bertz CT molecular complexity index is 837. The first kappa shape index (κ1) is 36.1. The van der Waals surface area contributed by atoms with Crippen LogP contribution >= 0.6 is 0 Å². The van der Waals surface area contributed by atoms with Crippen LogP contribution in [-0.4, -0.2) is 78.7 Å². The van der Waals surface area contributed by atoms with Gasteiger partial charge >= 0.3 is 0 Å². The molecule has 1 N–H and O–H groups in total. The summed E-state index contributed by atoms with van der Waals surface area (Å²) in [4.78, 5) is 0. The molecule has 0 spiro atoms. The summed E-state index contributed by atoms with van der Waals surface area (Å²) in [7, 11) is 0. The Kier molecular flexibility index (Phi) is 14.0. The van der Waals surface area contributed by atoms with Crippen molar-refractivity contribution in [2.24, 2.45) is 58.2 Å². The second-order valence-corrected chi connectivity index (χ2v) is 16.8. The van der Waals surface area contributed by atoms with Gasteiger partial charge in [-0.15, -0.1) is 0 Å². The molecular formula is C39H71NO5. The highest BCUT2D eigenvalue weighted by molar-refractivity contribution is 5.10. The van der Waals surface area contributed by atoms with E-state index in [2.05, 4.69) is 39.9 Å². The predicted octanol–water partition coefficient (Wildman–Crippen LogP) is 7.78. The fraction of sp³-hybridized carbons (Fsp3) is 1.00. The largest absolute Gasteiger partial charge is 0.378 e. The molecule has 5 rings (SSSR count). The number of ether oxygens (including phenoxy) is 5. The number of hydrogen-bond donors (Lipinski definition) is 1. The van der Waals surface area contributed by atoms with Crippen molar-refractivity contribution in [3.8, 4) is 0 Å². The van der Waals surface area contributed by atoms with E-state index in [1.54, 1.807) is 0 Å². The monoisotopic (exact) mass is 634 g/mol. The molecular weight excluding hydrogens is 562 g/mol. The zero-order valence-corrected chi connectivity index (χ0v) is 30.0. The van der Waals surface area contributed by atoms with Crippen LogP contribution in [-0.2, 0) is 23.7 Å². The van der Waals surface area contributed by atoms with Crippen molar-refractivity contribution >= 4 is 0 Å². The van der Waals surface area contributed by atoms with Crippen molar-refractivity contribution in [1.29, 1.82) is 0 Å². The molecule has 0 aromatic carbocycles. The zero-order valence-electron chi connectivity index (χ0n) is 30.0. The first-order valence-corrected chi connectivity index (χ1v) is 19.5. The molecule has 0 aromatic heterocycles. The first-order chi connectivity index (χ1) is 21.8. The average molecular weight is 634 g/mol. The molecule has 4 aliphatic carbocycles. The third-order valence-electron chi connectivity index (χ3n) is 13.9. The van der Waals surface area contributed by atoms with Crippen molar-refractivity contribution in [3.05, 3.63) is 0 Å². The van der Waals surface area contributed by atoms with Crippen LogP contribution < -0.4 is 5.32 Å². The lowest BCUT2D eigenvalue weighted by molar-refractivity contribution is -0.133. The Morgan fingerprint density at radius 1 is 0.667 bits per heavy atom. The topological polar surface area (TPSA) is 58.2 Å². The second-order valence-electron chi connectivity index (χ2n) is 16.8. The lowest BCUT2D eigenvalue weighted by Gasteiger charge is -2.61. The molecule has 5 aliphatic rings. The van der Waals surface area contributed by atoms with E-state index in [0.717, 1.165) is 54.5 Å². The maximum atomic E-state index is 6.60. The van der Waals surface area contributed by atoms with Gasteiger partial charge in [0.2, 0.25) is 0 Å². The molecule has 5 fully saturated rings. The molecule has 0 bridgehead atoms. The van der Waals surface area contributed by atoms with Crippen molar-refractivity contribution in [2.45, 2.75) is 118 Å². The van der Waals surface area contributed by atoms with E-state index in [-0.39, 0.29) is 6.10 Å². The molecule has 10 atom stereocenters. The van der Waals surface area contributed by atoms with Gasteiger partial charge in [0.25, 0.3) is 0 Å². The number of rotatable bonds is 6. The number of nitrogens with one attached hydrogen (secondary N) is 1. The molecule has 262 valence electrons. The van der Waals surface area contributed by atoms with E-state index in [0.29, 0.717) is 76.2 Å². The Morgan fingerprint density at radius 2 is 1.31 bits per heavy atom. The van der Waals surface area contributed by atoms with Crippen LogP contribution in [0.1, 0.15) is 112 Å². The van der Waals surface area contributed by atoms with Crippen LogP contribution in [0.4, 0.5) is 0 Å². The van der Waals surface area contributed by atoms with Crippen LogP contribution in [0.25, 0.3) is 0 Å². The molecule has 6 unspecified atom stereocenters. The van der Waals surface area contributed by atoms with Crippen LogP contribution in [0.15, 0.2) is 0 Å². The van der Waals surface area contributed by atoms with Crippen molar-refractivity contribution in [2.75, 3.05) is 72.6 Å². The molecule has 1 heterocycles. The van der Waals surface area contributed by atoms with E-state index in [1.807, 2.05) is 0 Å². The summed E-state index contributed by atoms with van der Waals surface area (Å²) in [5, 5.41) is 3.67. The average Bonchev–Trinajstić information content (AvgIpc) is 3.38. The first-order valence-electron chi connectivity index (χ1n) is 19.5. The van der Waals surface area contributed by atoms with E-state index in [4.69, 9.17) is 23.7 Å². The van der Waals surface area contributed by atoms with Gasteiger partial charge in [-0.05, 0) is 116 Å². The molecule has 6 heteroatoms. The summed E-state index contributed by atoms with van der Waals surface area (Å²) in [6.45, 7) is 20.3. The third kappa shape index (κ3) is 9.06. The van der Waals surface area contributed by atoms with Gasteiger partial charge in [-0.2, -0.15) is 0 Å². The van der Waals surface area contributed by atoms with Gasteiger partial charge in [-0.1, -0.05) is 53.9 Å². The van der Waals surface area contributed by atoms with Crippen LogP contribution in [0.3, 0.4) is 0 Å². The Labute approximate surface area is 277 Å².